The third-order valence-corrected chi connectivity index (χ3v) is 4.07. The minimum atomic E-state index is -4.52. The average molecular weight is 372 g/mol. The standard InChI is InChI=1S/C16H13ClF3N3S/c17-14-7-6-12(8-13(14)16(18,19)20)9-22-23-15(21)24-10-11-4-2-1-3-5-11/h1-9H,10H2,(H2,21,23). The molecule has 0 aliphatic carbocycles. The summed E-state index contributed by atoms with van der Waals surface area (Å²) >= 11 is 6.84. The molecule has 2 rings (SSSR count). The van der Waals surface area contributed by atoms with Gasteiger partial charge in [0.15, 0.2) is 5.17 Å². The van der Waals surface area contributed by atoms with E-state index in [0.717, 1.165) is 11.6 Å². The Hall–Kier alpha value is -1.99. The Morgan fingerprint density at radius 1 is 1.17 bits per heavy atom. The van der Waals surface area contributed by atoms with Gasteiger partial charge in [-0.05, 0) is 23.3 Å². The van der Waals surface area contributed by atoms with Crippen LogP contribution < -0.4 is 5.73 Å². The first-order chi connectivity index (χ1) is 11.4. The maximum atomic E-state index is 12.8. The van der Waals surface area contributed by atoms with Gasteiger partial charge >= 0.3 is 6.18 Å². The zero-order valence-corrected chi connectivity index (χ0v) is 13.9. The van der Waals surface area contributed by atoms with E-state index >= 15 is 0 Å². The fraction of sp³-hybridized carbons (Fsp3) is 0.125. The van der Waals surface area contributed by atoms with Gasteiger partial charge in [0.25, 0.3) is 0 Å². The van der Waals surface area contributed by atoms with Crippen molar-refractivity contribution in [3.8, 4) is 0 Å². The second-order valence-electron chi connectivity index (χ2n) is 4.69. The van der Waals surface area contributed by atoms with Crippen molar-refractivity contribution in [1.29, 1.82) is 0 Å². The molecule has 0 aliphatic heterocycles. The molecule has 2 aromatic carbocycles. The number of alkyl halides is 3. The summed E-state index contributed by atoms with van der Waals surface area (Å²) in [5.74, 6) is 0.630. The summed E-state index contributed by atoms with van der Waals surface area (Å²) in [7, 11) is 0. The second kappa shape index (κ2) is 8.21. The quantitative estimate of drug-likeness (QED) is 0.470. The zero-order valence-electron chi connectivity index (χ0n) is 12.3. The van der Waals surface area contributed by atoms with E-state index < -0.39 is 11.7 Å². The molecule has 24 heavy (non-hydrogen) atoms. The van der Waals surface area contributed by atoms with Crippen LogP contribution in [-0.2, 0) is 11.9 Å². The van der Waals surface area contributed by atoms with Crippen LogP contribution in [0.15, 0.2) is 58.7 Å². The van der Waals surface area contributed by atoms with Crippen LogP contribution in [0, 0.1) is 0 Å². The highest BCUT2D eigenvalue weighted by atomic mass is 35.5. The van der Waals surface area contributed by atoms with Crippen molar-refractivity contribution >= 4 is 34.7 Å². The molecule has 8 heteroatoms. The molecule has 0 saturated heterocycles. The molecule has 126 valence electrons. The predicted molar refractivity (Wildman–Crippen MR) is 93.4 cm³/mol. The Kier molecular flexibility index (Phi) is 6.28. The van der Waals surface area contributed by atoms with Gasteiger partial charge in [-0.15, -0.1) is 5.10 Å². The third-order valence-electron chi connectivity index (χ3n) is 2.89. The molecule has 0 aromatic heterocycles. The number of rotatable bonds is 4. The smallest absolute Gasteiger partial charge is 0.377 e. The van der Waals surface area contributed by atoms with Crippen molar-refractivity contribution in [3.63, 3.8) is 0 Å². The molecule has 3 nitrogen and oxygen atoms in total. The van der Waals surface area contributed by atoms with E-state index in [-0.39, 0.29) is 15.8 Å². The first kappa shape index (κ1) is 18.4. The van der Waals surface area contributed by atoms with E-state index in [1.54, 1.807) is 0 Å². The molecule has 0 amide bonds. The van der Waals surface area contributed by atoms with Crippen LogP contribution >= 0.6 is 23.4 Å². The van der Waals surface area contributed by atoms with Crippen LogP contribution in [0.3, 0.4) is 0 Å². The van der Waals surface area contributed by atoms with Gasteiger partial charge in [-0.3, -0.25) is 0 Å². The highest BCUT2D eigenvalue weighted by molar-refractivity contribution is 8.13. The van der Waals surface area contributed by atoms with Crippen LogP contribution in [0.1, 0.15) is 16.7 Å². The Bertz CT molecular complexity index is 746. The van der Waals surface area contributed by atoms with E-state index in [9.17, 15) is 13.2 Å². The Balaban J connectivity index is 2.00. The van der Waals surface area contributed by atoms with Crippen LogP contribution in [0.2, 0.25) is 5.02 Å². The largest absolute Gasteiger partial charge is 0.417 e. The Labute approximate surface area is 146 Å². The molecule has 0 aliphatic rings. The minimum Gasteiger partial charge on any atom is -0.377 e. The normalized spacial score (nSPS) is 12.8. The van der Waals surface area contributed by atoms with E-state index in [0.29, 0.717) is 5.75 Å². The number of benzene rings is 2. The van der Waals surface area contributed by atoms with Gasteiger partial charge in [-0.25, -0.2) is 0 Å². The fourth-order valence-corrected chi connectivity index (χ4v) is 2.59. The van der Waals surface area contributed by atoms with E-state index in [1.165, 1.54) is 30.1 Å². The van der Waals surface area contributed by atoms with E-state index in [1.807, 2.05) is 30.3 Å². The molecule has 2 aromatic rings. The van der Waals surface area contributed by atoms with Gasteiger partial charge in [0.2, 0.25) is 0 Å². The summed E-state index contributed by atoms with van der Waals surface area (Å²) in [5.41, 5.74) is 6.11. The summed E-state index contributed by atoms with van der Waals surface area (Å²) in [6.07, 6.45) is -3.32. The molecule has 0 heterocycles. The highest BCUT2D eigenvalue weighted by Crippen LogP contribution is 2.34. The minimum absolute atomic E-state index is 0.222. The lowest BCUT2D eigenvalue weighted by molar-refractivity contribution is -0.137. The van der Waals surface area contributed by atoms with E-state index in [4.69, 9.17) is 17.3 Å². The van der Waals surface area contributed by atoms with Crippen molar-refractivity contribution in [2.24, 2.45) is 15.9 Å². The van der Waals surface area contributed by atoms with Crippen molar-refractivity contribution < 1.29 is 13.2 Å². The molecular formula is C16H13ClF3N3S. The fourth-order valence-electron chi connectivity index (χ4n) is 1.75. The Morgan fingerprint density at radius 2 is 1.88 bits per heavy atom. The van der Waals surface area contributed by atoms with Gasteiger partial charge in [0.05, 0.1) is 16.8 Å². The van der Waals surface area contributed by atoms with Crippen LogP contribution in [-0.4, -0.2) is 11.4 Å². The summed E-state index contributed by atoms with van der Waals surface area (Å²) in [5, 5.41) is 7.34. The predicted octanol–water partition coefficient (Wildman–Crippen LogP) is 4.94. The number of thioether (sulfide) groups is 1. The molecule has 0 saturated carbocycles. The zero-order chi connectivity index (χ0) is 17.6. The maximum absolute atomic E-state index is 12.8. The molecule has 0 spiro atoms. The maximum Gasteiger partial charge on any atom is 0.417 e. The molecule has 0 atom stereocenters. The van der Waals surface area contributed by atoms with Crippen LogP contribution in [0.4, 0.5) is 13.2 Å². The number of hydrogen-bond donors (Lipinski definition) is 1. The number of amidine groups is 1. The topological polar surface area (TPSA) is 50.7 Å². The highest BCUT2D eigenvalue weighted by Gasteiger charge is 2.33. The second-order valence-corrected chi connectivity index (χ2v) is 6.10. The van der Waals surface area contributed by atoms with E-state index in [2.05, 4.69) is 10.2 Å². The van der Waals surface area contributed by atoms with Gasteiger partial charge in [0, 0.05) is 5.75 Å². The van der Waals surface area contributed by atoms with Gasteiger partial charge in [-0.2, -0.15) is 18.3 Å². The van der Waals surface area contributed by atoms with Gasteiger partial charge < -0.3 is 5.73 Å². The van der Waals surface area contributed by atoms with Gasteiger partial charge in [0.1, 0.15) is 0 Å². The lowest BCUT2D eigenvalue weighted by atomic mass is 10.1. The molecule has 0 unspecified atom stereocenters. The lowest BCUT2D eigenvalue weighted by Crippen LogP contribution is -2.07. The van der Waals surface area contributed by atoms with Gasteiger partial charge in [-0.1, -0.05) is 59.8 Å². The molecular weight excluding hydrogens is 359 g/mol. The summed E-state index contributed by atoms with van der Waals surface area (Å²) < 4.78 is 38.3. The molecule has 2 N–H and O–H groups in total. The average Bonchev–Trinajstić information content (AvgIpc) is 2.54. The Morgan fingerprint density at radius 3 is 2.54 bits per heavy atom. The summed E-state index contributed by atoms with van der Waals surface area (Å²) in [4.78, 5) is 0. The van der Waals surface area contributed by atoms with Crippen molar-refractivity contribution in [2.75, 3.05) is 0 Å². The monoisotopic (exact) mass is 371 g/mol. The third kappa shape index (κ3) is 5.58. The summed E-state index contributed by atoms with van der Waals surface area (Å²) in [6.45, 7) is 0. The van der Waals surface area contributed by atoms with Crippen molar-refractivity contribution in [3.05, 3.63) is 70.2 Å². The van der Waals surface area contributed by atoms with Crippen molar-refractivity contribution in [2.45, 2.75) is 11.9 Å². The lowest BCUT2D eigenvalue weighted by Gasteiger charge is -2.08. The summed E-state index contributed by atoms with van der Waals surface area (Å²) in [6, 6.07) is 13.2. The first-order valence-electron chi connectivity index (χ1n) is 6.76. The molecule has 0 fully saturated rings. The van der Waals surface area contributed by atoms with Crippen LogP contribution in [0.5, 0.6) is 0 Å². The van der Waals surface area contributed by atoms with Crippen LogP contribution in [0.25, 0.3) is 0 Å². The number of nitrogens with two attached hydrogens (primary N) is 1. The SMILES string of the molecule is NC(=NN=Cc1ccc(Cl)c(C(F)(F)F)c1)SCc1ccccc1. The number of hydrogen-bond acceptors (Lipinski definition) is 3. The first-order valence-corrected chi connectivity index (χ1v) is 8.12. The number of halogens is 4. The van der Waals surface area contributed by atoms with Crippen molar-refractivity contribution in [1.82, 2.24) is 0 Å². The molecule has 0 radical (unpaired) electrons. The number of nitrogens with zero attached hydrogens (tertiary/aromatic N) is 2. The molecule has 0 bridgehead atoms.